The van der Waals surface area contributed by atoms with E-state index in [2.05, 4.69) is 0 Å². The molecule has 19 heavy (non-hydrogen) atoms. The molecule has 102 valence electrons. The third kappa shape index (κ3) is 2.50. The molecule has 2 aliphatic rings. The van der Waals surface area contributed by atoms with Crippen molar-refractivity contribution >= 4 is 17.7 Å². The number of nitrogens with zero attached hydrogens (tertiary/aromatic N) is 1. The Kier molecular flexibility index (Phi) is 3.78. The van der Waals surface area contributed by atoms with Crippen LogP contribution < -0.4 is 0 Å². The Morgan fingerprint density at radius 1 is 1.26 bits per heavy atom. The van der Waals surface area contributed by atoms with Crippen molar-refractivity contribution in [3.05, 3.63) is 35.6 Å². The van der Waals surface area contributed by atoms with Gasteiger partial charge in [0.2, 0.25) is 5.91 Å². The van der Waals surface area contributed by atoms with Gasteiger partial charge in [-0.2, -0.15) is 0 Å². The molecule has 4 heteroatoms. The van der Waals surface area contributed by atoms with Gasteiger partial charge in [-0.05, 0) is 18.9 Å². The Bertz CT molecular complexity index is 473. The molecule has 1 saturated carbocycles. The summed E-state index contributed by atoms with van der Waals surface area (Å²) in [6, 6.07) is 6.82. The summed E-state index contributed by atoms with van der Waals surface area (Å²) < 4.78 is 13.9. The van der Waals surface area contributed by atoms with Crippen LogP contribution in [0.5, 0.6) is 0 Å². The quantitative estimate of drug-likeness (QED) is 0.824. The zero-order valence-electron chi connectivity index (χ0n) is 10.8. The highest BCUT2D eigenvalue weighted by Crippen LogP contribution is 2.41. The molecule has 0 spiro atoms. The molecule has 2 fully saturated rings. The summed E-state index contributed by atoms with van der Waals surface area (Å²) in [5.74, 6) is 1.10. The fraction of sp³-hybridized carbons (Fsp3) is 0.533. The van der Waals surface area contributed by atoms with E-state index in [1.165, 1.54) is 6.07 Å². The Morgan fingerprint density at radius 3 is 2.74 bits per heavy atom. The van der Waals surface area contributed by atoms with Gasteiger partial charge in [-0.1, -0.05) is 31.0 Å². The summed E-state index contributed by atoms with van der Waals surface area (Å²) in [5.41, 5.74) is 0.649. The third-order valence-corrected chi connectivity index (χ3v) is 5.29. The van der Waals surface area contributed by atoms with E-state index in [1.54, 1.807) is 23.9 Å². The minimum atomic E-state index is -0.203. The molecule has 1 aromatic rings. The van der Waals surface area contributed by atoms with Crippen LogP contribution in [0.25, 0.3) is 0 Å². The SMILES string of the molecule is O=C(C1CCCC1)N1CCSC1c1ccccc1F. The van der Waals surface area contributed by atoms with Gasteiger partial charge in [0.05, 0.1) is 0 Å². The number of hydrogen-bond donors (Lipinski definition) is 0. The zero-order valence-corrected chi connectivity index (χ0v) is 11.7. The summed E-state index contributed by atoms with van der Waals surface area (Å²) in [5, 5.41) is -0.130. The molecule has 1 aliphatic heterocycles. The van der Waals surface area contributed by atoms with E-state index >= 15 is 0 Å². The summed E-state index contributed by atoms with van der Waals surface area (Å²) in [6.45, 7) is 0.749. The number of benzene rings is 1. The molecule has 3 rings (SSSR count). The van der Waals surface area contributed by atoms with Crippen LogP contribution in [0.4, 0.5) is 4.39 Å². The fourth-order valence-electron chi connectivity index (χ4n) is 3.04. The van der Waals surface area contributed by atoms with Crippen molar-refractivity contribution in [2.45, 2.75) is 31.1 Å². The van der Waals surface area contributed by atoms with Crippen molar-refractivity contribution in [2.24, 2.45) is 5.92 Å². The normalized spacial score (nSPS) is 24.1. The molecule has 0 aromatic heterocycles. The molecule has 1 saturated heterocycles. The van der Waals surface area contributed by atoms with Gasteiger partial charge in [-0.25, -0.2) is 4.39 Å². The first-order valence-corrected chi connectivity index (χ1v) is 7.99. The molecule has 1 amide bonds. The van der Waals surface area contributed by atoms with Crippen LogP contribution in [-0.4, -0.2) is 23.1 Å². The maximum Gasteiger partial charge on any atom is 0.226 e. The average molecular weight is 279 g/mol. The van der Waals surface area contributed by atoms with Crippen molar-refractivity contribution in [1.29, 1.82) is 0 Å². The fourth-order valence-corrected chi connectivity index (χ4v) is 4.32. The zero-order chi connectivity index (χ0) is 13.2. The Labute approximate surface area is 117 Å². The lowest BCUT2D eigenvalue weighted by molar-refractivity contribution is -0.135. The van der Waals surface area contributed by atoms with Gasteiger partial charge in [-0.15, -0.1) is 11.8 Å². The summed E-state index contributed by atoms with van der Waals surface area (Å²) >= 11 is 1.67. The molecular formula is C15H18FNOS. The number of rotatable bonds is 2. The van der Waals surface area contributed by atoms with E-state index in [0.717, 1.165) is 38.0 Å². The lowest BCUT2D eigenvalue weighted by Gasteiger charge is -2.27. The van der Waals surface area contributed by atoms with Crippen LogP contribution >= 0.6 is 11.8 Å². The van der Waals surface area contributed by atoms with E-state index < -0.39 is 0 Å². The van der Waals surface area contributed by atoms with Crippen LogP contribution in [0.15, 0.2) is 24.3 Å². The number of halogens is 1. The summed E-state index contributed by atoms with van der Waals surface area (Å²) in [7, 11) is 0. The minimum Gasteiger partial charge on any atom is -0.325 e. The average Bonchev–Trinajstić information content (AvgIpc) is 3.10. The van der Waals surface area contributed by atoms with E-state index in [1.807, 2.05) is 11.0 Å². The van der Waals surface area contributed by atoms with Gasteiger partial charge in [0.15, 0.2) is 0 Å². The van der Waals surface area contributed by atoms with Crippen molar-refractivity contribution in [2.75, 3.05) is 12.3 Å². The minimum absolute atomic E-state index is 0.130. The smallest absolute Gasteiger partial charge is 0.226 e. The van der Waals surface area contributed by atoms with Crippen LogP contribution in [-0.2, 0) is 4.79 Å². The number of amides is 1. The second kappa shape index (κ2) is 5.53. The number of thioether (sulfide) groups is 1. The Morgan fingerprint density at radius 2 is 2.00 bits per heavy atom. The predicted molar refractivity (Wildman–Crippen MR) is 75.3 cm³/mol. The van der Waals surface area contributed by atoms with E-state index in [-0.39, 0.29) is 23.0 Å². The molecule has 1 aliphatic carbocycles. The van der Waals surface area contributed by atoms with Crippen molar-refractivity contribution in [1.82, 2.24) is 4.90 Å². The van der Waals surface area contributed by atoms with E-state index in [0.29, 0.717) is 5.56 Å². The summed E-state index contributed by atoms with van der Waals surface area (Å²) in [4.78, 5) is 14.4. The van der Waals surface area contributed by atoms with Crippen LogP contribution in [0.3, 0.4) is 0 Å². The van der Waals surface area contributed by atoms with Gasteiger partial charge in [-0.3, -0.25) is 4.79 Å². The molecule has 2 nitrogen and oxygen atoms in total. The van der Waals surface area contributed by atoms with Crippen LogP contribution in [0, 0.1) is 11.7 Å². The predicted octanol–water partition coefficient (Wildman–Crippen LogP) is 3.59. The van der Waals surface area contributed by atoms with Gasteiger partial charge in [0, 0.05) is 23.8 Å². The first kappa shape index (κ1) is 13.0. The largest absolute Gasteiger partial charge is 0.325 e. The van der Waals surface area contributed by atoms with Gasteiger partial charge < -0.3 is 4.90 Å². The highest BCUT2D eigenvalue weighted by molar-refractivity contribution is 7.99. The van der Waals surface area contributed by atoms with E-state index in [9.17, 15) is 9.18 Å². The molecule has 1 unspecified atom stereocenters. The first-order chi connectivity index (χ1) is 9.27. The molecule has 1 atom stereocenters. The molecule has 0 radical (unpaired) electrons. The summed E-state index contributed by atoms with van der Waals surface area (Å²) in [6.07, 6.45) is 4.32. The standard InChI is InChI=1S/C15H18FNOS/c16-13-8-4-3-7-12(13)15-17(9-10-19-15)14(18)11-5-1-2-6-11/h3-4,7-8,11,15H,1-2,5-6,9-10H2. The topological polar surface area (TPSA) is 20.3 Å². The maximum absolute atomic E-state index is 13.9. The van der Waals surface area contributed by atoms with Crippen molar-refractivity contribution in [3.63, 3.8) is 0 Å². The van der Waals surface area contributed by atoms with Gasteiger partial charge in [0.1, 0.15) is 11.2 Å². The monoisotopic (exact) mass is 279 g/mol. The van der Waals surface area contributed by atoms with Gasteiger partial charge in [0.25, 0.3) is 0 Å². The number of carbonyl (C=O) groups is 1. The number of hydrogen-bond acceptors (Lipinski definition) is 2. The van der Waals surface area contributed by atoms with Gasteiger partial charge >= 0.3 is 0 Å². The van der Waals surface area contributed by atoms with Crippen molar-refractivity contribution < 1.29 is 9.18 Å². The lowest BCUT2D eigenvalue weighted by atomic mass is 10.1. The maximum atomic E-state index is 13.9. The first-order valence-electron chi connectivity index (χ1n) is 6.94. The molecular weight excluding hydrogens is 261 g/mol. The third-order valence-electron chi connectivity index (χ3n) is 4.05. The Balaban J connectivity index is 1.81. The molecule has 0 bridgehead atoms. The highest BCUT2D eigenvalue weighted by Gasteiger charge is 2.36. The second-order valence-corrected chi connectivity index (χ2v) is 6.45. The number of carbonyl (C=O) groups excluding carboxylic acids is 1. The highest BCUT2D eigenvalue weighted by atomic mass is 32.2. The van der Waals surface area contributed by atoms with E-state index in [4.69, 9.17) is 0 Å². The molecule has 1 heterocycles. The van der Waals surface area contributed by atoms with Crippen LogP contribution in [0.1, 0.15) is 36.6 Å². The Hall–Kier alpha value is -1.03. The molecule has 0 N–H and O–H groups in total. The second-order valence-electron chi connectivity index (χ2n) is 5.26. The van der Waals surface area contributed by atoms with Crippen molar-refractivity contribution in [3.8, 4) is 0 Å². The van der Waals surface area contributed by atoms with Crippen LogP contribution in [0.2, 0.25) is 0 Å². The lowest BCUT2D eigenvalue weighted by Crippen LogP contribution is -2.35. The molecule has 1 aromatic carbocycles.